The molecule has 1 saturated heterocycles. The van der Waals surface area contributed by atoms with E-state index < -0.39 is 15.9 Å². The Bertz CT molecular complexity index is 860. The fourth-order valence-electron chi connectivity index (χ4n) is 2.09. The van der Waals surface area contributed by atoms with Crippen LogP contribution in [-0.2, 0) is 14.8 Å². The van der Waals surface area contributed by atoms with Crippen LogP contribution in [0.1, 0.15) is 5.56 Å². The van der Waals surface area contributed by atoms with E-state index in [1.807, 2.05) is 13.0 Å². The third-order valence-electron chi connectivity index (χ3n) is 3.27. The Balaban J connectivity index is 2.03. The van der Waals surface area contributed by atoms with Gasteiger partial charge in [-0.05, 0) is 31.2 Å². The molecule has 1 amide bonds. The average Bonchev–Trinajstić information content (AvgIpc) is 2.90. The second kappa shape index (κ2) is 6.17. The Morgan fingerprint density at radius 3 is 2.35 bits per heavy atom. The number of nitrogens with zero attached hydrogens (tertiary/aromatic N) is 2. The lowest BCUT2D eigenvalue weighted by Crippen LogP contribution is -2.35. The topological polar surface area (TPSA) is 66.8 Å². The number of para-hydroxylation sites is 1. The molecule has 5 nitrogen and oxygen atoms in total. The molecular formula is C16H14N2O3S2. The van der Waals surface area contributed by atoms with E-state index in [9.17, 15) is 13.2 Å². The molecule has 0 aliphatic carbocycles. The number of hydrogen-bond donors (Lipinski definition) is 0. The number of sulfonamides is 1. The van der Waals surface area contributed by atoms with Gasteiger partial charge in [0.15, 0.2) is 5.17 Å². The number of rotatable bonds is 3. The summed E-state index contributed by atoms with van der Waals surface area (Å²) in [5.74, 6) is -0.415. The predicted octanol–water partition coefficient (Wildman–Crippen LogP) is 2.95. The maximum atomic E-state index is 12.8. The summed E-state index contributed by atoms with van der Waals surface area (Å²) in [5.41, 5.74) is 1.55. The molecule has 2 aromatic rings. The summed E-state index contributed by atoms with van der Waals surface area (Å²) in [7, 11) is -3.94. The minimum Gasteiger partial charge on any atom is -0.272 e. The van der Waals surface area contributed by atoms with Crippen LogP contribution in [0.2, 0.25) is 0 Å². The molecule has 0 N–H and O–H groups in total. The van der Waals surface area contributed by atoms with Gasteiger partial charge in [0.05, 0.1) is 16.3 Å². The first kappa shape index (κ1) is 15.8. The first-order valence-electron chi connectivity index (χ1n) is 6.90. The van der Waals surface area contributed by atoms with Crippen LogP contribution < -0.4 is 0 Å². The van der Waals surface area contributed by atoms with Crippen molar-refractivity contribution in [2.75, 3.05) is 5.75 Å². The Kier molecular flexibility index (Phi) is 4.23. The molecule has 0 saturated carbocycles. The maximum absolute atomic E-state index is 12.8. The van der Waals surface area contributed by atoms with E-state index in [4.69, 9.17) is 0 Å². The standard InChI is InChI=1S/C16H14N2O3S2/c1-12-7-9-14(10-8-12)23(20,21)18-15(19)11-22-16(18)17-13-5-3-2-4-6-13/h2-10H,11H2,1H3. The van der Waals surface area contributed by atoms with Crippen LogP contribution in [0.4, 0.5) is 5.69 Å². The highest BCUT2D eigenvalue weighted by molar-refractivity contribution is 8.16. The molecule has 1 fully saturated rings. The van der Waals surface area contributed by atoms with Gasteiger partial charge in [0.25, 0.3) is 15.9 Å². The lowest BCUT2D eigenvalue weighted by molar-refractivity contribution is -0.120. The first-order chi connectivity index (χ1) is 11.0. The van der Waals surface area contributed by atoms with Crippen LogP contribution in [0.5, 0.6) is 0 Å². The molecule has 3 rings (SSSR count). The second-order valence-electron chi connectivity index (χ2n) is 4.99. The molecule has 1 heterocycles. The van der Waals surface area contributed by atoms with Gasteiger partial charge in [-0.15, -0.1) is 0 Å². The van der Waals surface area contributed by atoms with Crippen molar-refractivity contribution < 1.29 is 13.2 Å². The maximum Gasteiger partial charge on any atom is 0.272 e. The van der Waals surface area contributed by atoms with Crippen molar-refractivity contribution in [1.29, 1.82) is 0 Å². The molecule has 0 atom stereocenters. The third kappa shape index (κ3) is 3.16. The van der Waals surface area contributed by atoms with Crippen molar-refractivity contribution in [1.82, 2.24) is 4.31 Å². The minimum atomic E-state index is -3.94. The number of thioether (sulfide) groups is 1. The number of amidine groups is 1. The zero-order valence-corrected chi connectivity index (χ0v) is 14.0. The second-order valence-corrected chi connectivity index (χ2v) is 7.72. The Morgan fingerprint density at radius 2 is 1.70 bits per heavy atom. The van der Waals surface area contributed by atoms with Crippen molar-refractivity contribution in [2.45, 2.75) is 11.8 Å². The number of aryl methyl sites for hydroxylation is 1. The normalized spacial score (nSPS) is 17.0. The number of hydrogen-bond acceptors (Lipinski definition) is 5. The smallest absolute Gasteiger partial charge is 0.272 e. The first-order valence-corrected chi connectivity index (χ1v) is 9.32. The number of aliphatic imine (C=N–C) groups is 1. The molecule has 0 aromatic heterocycles. The molecule has 1 aliphatic heterocycles. The van der Waals surface area contributed by atoms with Gasteiger partial charge in [-0.3, -0.25) is 4.79 Å². The van der Waals surface area contributed by atoms with E-state index in [0.717, 1.165) is 21.6 Å². The lowest BCUT2D eigenvalue weighted by atomic mass is 10.2. The molecule has 0 unspecified atom stereocenters. The summed E-state index contributed by atoms with van der Waals surface area (Å²) in [5, 5.41) is 0.182. The van der Waals surface area contributed by atoms with Gasteiger partial charge >= 0.3 is 0 Å². The molecule has 0 radical (unpaired) electrons. The van der Waals surface area contributed by atoms with Gasteiger partial charge in [0, 0.05) is 0 Å². The molecule has 2 aromatic carbocycles. The summed E-state index contributed by atoms with van der Waals surface area (Å²) in [6, 6.07) is 15.4. The van der Waals surface area contributed by atoms with Crippen molar-refractivity contribution in [3.05, 3.63) is 60.2 Å². The molecule has 118 valence electrons. The van der Waals surface area contributed by atoms with Crippen LogP contribution in [0, 0.1) is 6.92 Å². The van der Waals surface area contributed by atoms with Gasteiger partial charge in [-0.1, -0.05) is 47.7 Å². The van der Waals surface area contributed by atoms with Crippen molar-refractivity contribution in [2.24, 2.45) is 4.99 Å². The molecular weight excluding hydrogens is 332 g/mol. The fraction of sp³-hybridized carbons (Fsp3) is 0.125. The third-order valence-corrected chi connectivity index (χ3v) is 6.03. The van der Waals surface area contributed by atoms with Crippen molar-refractivity contribution >= 4 is 38.5 Å². The fourth-order valence-corrected chi connectivity index (χ4v) is 4.67. The van der Waals surface area contributed by atoms with Gasteiger partial charge in [0.1, 0.15) is 0 Å². The van der Waals surface area contributed by atoms with E-state index in [-0.39, 0.29) is 15.8 Å². The summed E-state index contributed by atoms with van der Waals surface area (Å²) < 4.78 is 26.3. The summed E-state index contributed by atoms with van der Waals surface area (Å²) >= 11 is 1.13. The number of benzene rings is 2. The Hall–Kier alpha value is -2.12. The minimum absolute atomic E-state index is 0.0662. The molecule has 0 spiro atoms. The quantitative estimate of drug-likeness (QED) is 0.857. The number of carbonyl (C=O) groups excluding carboxylic acids is 1. The zero-order chi connectivity index (χ0) is 16.4. The molecule has 0 bridgehead atoms. The highest BCUT2D eigenvalue weighted by Crippen LogP contribution is 2.29. The van der Waals surface area contributed by atoms with Gasteiger partial charge in [-0.2, -0.15) is 4.31 Å². The monoisotopic (exact) mass is 346 g/mol. The summed E-state index contributed by atoms with van der Waals surface area (Å²) in [6.45, 7) is 1.87. The van der Waals surface area contributed by atoms with Crippen LogP contribution >= 0.6 is 11.8 Å². The van der Waals surface area contributed by atoms with E-state index in [1.165, 1.54) is 12.1 Å². The molecule has 23 heavy (non-hydrogen) atoms. The molecule has 1 aliphatic rings. The van der Waals surface area contributed by atoms with Gasteiger partial charge in [-0.25, -0.2) is 13.4 Å². The average molecular weight is 346 g/mol. The Morgan fingerprint density at radius 1 is 1.04 bits per heavy atom. The molecule has 7 heteroatoms. The van der Waals surface area contributed by atoms with Crippen LogP contribution in [0.15, 0.2) is 64.5 Å². The van der Waals surface area contributed by atoms with Crippen LogP contribution in [-0.4, -0.2) is 29.6 Å². The largest absolute Gasteiger partial charge is 0.272 e. The van der Waals surface area contributed by atoms with E-state index in [0.29, 0.717) is 5.69 Å². The SMILES string of the molecule is Cc1ccc(S(=O)(=O)N2C(=O)CSC2=Nc2ccccc2)cc1. The summed E-state index contributed by atoms with van der Waals surface area (Å²) in [6.07, 6.45) is 0. The van der Waals surface area contributed by atoms with E-state index >= 15 is 0 Å². The Labute approximate surface area is 139 Å². The lowest BCUT2D eigenvalue weighted by Gasteiger charge is -2.16. The van der Waals surface area contributed by atoms with Crippen molar-refractivity contribution in [3.8, 4) is 0 Å². The van der Waals surface area contributed by atoms with E-state index in [2.05, 4.69) is 4.99 Å². The van der Waals surface area contributed by atoms with E-state index in [1.54, 1.807) is 36.4 Å². The van der Waals surface area contributed by atoms with Crippen molar-refractivity contribution in [3.63, 3.8) is 0 Å². The number of carbonyl (C=O) groups is 1. The van der Waals surface area contributed by atoms with Gasteiger partial charge < -0.3 is 0 Å². The number of amides is 1. The highest BCUT2D eigenvalue weighted by atomic mass is 32.2. The summed E-state index contributed by atoms with van der Waals surface area (Å²) in [4.78, 5) is 16.5. The highest BCUT2D eigenvalue weighted by Gasteiger charge is 2.39. The zero-order valence-electron chi connectivity index (χ0n) is 12.3. The van der Waals surface area contributed by atoms with Crippen LogP contribution in [0.25, 0.3) is 0 Å². The van der Waals surface area contributed by atoms with Crippen LogP contribution in [0.3, 0.4) is 0 Å². The van der Waals surface area contributed by atoms with Gasteiger partial charge in [0.2, 0.25) is 0 Å². The predicted molar refractivity (Wildman–Crippen MR) is 91.2 cm³/mol.